The van der Waals surface area contributed by atoms with Gasteiger partial charge in [0.15, 0.2) is 5.78 Å². The highest BCUT2D eigenvalue weighted by Crippen LogP contribution is 2.25. The van der Waals surface area contributed by atoms with Crippen molar-refractivity contribution < 1.29 is 24.2 Å². The quantitative estimate of drug-likeness (QED) is 0.854. The number of ketones is 1. The lowest BCUT2D eigenvalue weighted by atomic mass is 10.1. The van der Waals surface area contributed by atoms with Crippen LogP contribution in [0, 0.1) is 0 Å². The maximum absolute atomic E-state index is 11.9. The number of benzene rings is 1. The van der Waals surface area contributed by atoms with Crippen molar-refractivity contribution in [3.8, 4) is 11.5 Å². The summed E-state index contributed by atoms with van der Waals surface area (Å²) >= 11 is 0. The summed E-state index contributed by atoms with van der Waals surface area (Å²) in [7, 11) is 0. The molecule has 1 aliphatic rings. The van der Waals surface area contributed by atoms with Crippen LogP contribution in [-0.4, -0.2) is 48.2 Å². The Kier molecular flexibility index (Phi) is 4.57. The van der Waals surface area contributed by atoms with Gasteiger partial charge in [-0.15, -0.1) is 0 Å². The fourth-order valence-electron chi connectivity index (χ4n) is 1.91. The maximum atomic E-state index is 11.9. The third-order valence-electron chi connectivity index (χ3n) is 3.07. The summed E-state index contributed by atoms with van der Waals surface area (Å²) in [4.78, 5) is 24.9. The molecule has 1 aromatic carbocycles. The van der Waals surface area contributed by atoms with Gasteiger partial charge in [0.25, 0.3) is 0 Å². The van der Waals surface area contributed by atoms with Crippen molar-refractivity contribution in [1.82, 2.24) is 4.90 Å². The monoisotopic (exact) mass is 279 g/mol. The van der Waals surface area contributed by atoms with E-state index in [2.05, 4.69) is 0 Å². The number of carbonyl (C=O) groups is 2. The zero-order chi connectivity index (χ0) is 14.5. The third kappa shape index (κ3) is 3.27. The minimum absolute atomic E-state index is 0.159. The molecule has 0 aliphatic carbocycles. The van der Waals surface area contributed by atoms with E-state index in [1.54, 1.807) is 6.92 Å². The Bertz CT molecular complexity index is 508. The number of phenols is 1. The number of hydrogen-bond acceptors (Lipinski definition) is 5. The predicted molar refractivity (Wildman–Crippen MR) is 71.1 cm³/mol. The lowest BCUT2D eigenvalue weighted by Gasteiger charge is -2.25. The smallest absolute Gasteiger partial charge is 0.415 e. The average molecular weight is 279 g/mol. The number of carbonyl (C=O) groups excluding carboxylic acids is 2. The van der Waals surface area contributed by atoms with Gasteiger partial charge in [0.05, 0.1) is 18.8 Å². The lowest BCUT2D eigenvalue weighted by Crippen LogP contribution is -2.42. The van der Waals surface area contributed by atoms with E-state index >= 15 is 0 Å². The zero-order valence-electron chi connectivity index (χ0n) is 11.3. The molecule has 2 rings (SSSR count). The Hall–Kier alpha value is -2.08. The van der Waals surface area contributed by atoms with Gasteiger partial charge in [0.1, 0.15) is 11.5 Å². The number of phenolic OH excluding ortho intramolecular Hbond substituents is 1. The van der Waals surface area contributed by atoms with Crippen LogP contribution >= 0.6 is 0 Å². The highest BCUT2D eigenvalue weighted by Gasteiger charge is 2.19. The van der Waals surface area contributed by atoms with Gasteiger partial charge < -0.3 is 19.5 Å². The van der Waals surface area contributed by atoms with Gasteiger partial charge in [0, 0.05) is 25.6 Å². The predicted octanol–water partition coefficient (Wildman–Crippen LogP) is 1.82. The molecule has 0 unspecified atom stereocenters. The number of rotatable bonds is 3. The number of aromatic hydroxyl groups is 1. The summed E-state index contributed by atoms with van der Waals surface area (Å²) < 4.78 is 10.3. The summed E-state index contributed by atoms with van der Waals surface area (Å²) in [6.07, 6.45) is -0.178. The van der Waals surface area contributed by atoms with Gasteiger partial charge in [-0.2, -0.15) is 0 Å². The van der Waals surface area contributed by atoms with Crippen molar-refractivity contribution >= 4 is 11.9 Å². The molecule has 0 radical (unpaired) electrons. The fourth-order valence-corrected chi connectivity index (χ4v) is 1.91. The van der Waals surface area contributed by atoms with Crippen LogP contribution in [0.15, 0.2) is 18.2 Å². The summed E-state index contributed by atoms with van der Waals surface area (Å²) in [6.45, 7) is 3.66. The molecule has 1 amide bonds. The molecule has 6 heteroatoms. The van der Waals surface area contributed by atoms with Crippen molar-refractivity contribution in [3.63, 3.8) is 0 Å². The third-order valence-corrected chi connectivity index (χ3v) is 3.07. The summed E-state index contributed by atoms with van der Waals surface area (Å²) in [5.41, 5.74) is 0.235. The van der Waals surface area contributed by atoms with Crippen LogP contribution in [0.1, 0.15) is 23.7 Å². The van der Waals surface area contributed by atoms with Crippen LogP contribution < -0.4 is 4.74 Å². The van der Waals surface area contributed by atoms with Crippen LogP contribution in [0.25, 0.3) is 0 Å². The number of ether oxygens (including phenoxy) is 2. The Morgan fingerprint density at radius 1 is 1.35 bits per heavy atom. The number of nitrogens with zero attached hydrogens (tertiary/aromatic N) is 1. The first-order valence-corrected chi connectivity index (χ1v) is 6.52. The number of amides is 1. The lowest BCUT2D eigenvalue weighted by molar-refractivity contribution is 0.0416. The molecule has 108 valence electrons. The van der Waals surface area contributed by atoms with Crippen LogP contribution in [0.3, 0.4) is 0 Å². The second-order valence-corrected chi connectivity index (χ2v) is 4.42. The Balaban J connectivity index is 2.04. The van der Waals surface area contributed by atoms with Crippen molar-refractivity contribution in [1.29, 1.82) is 0 Å². The van der Waals surface area contributed by atoms with E-state index in [1.807, 2.05) is 0 Å². The van der Waals surface area contributed by atoms with E-state index in [4.69, 9.17) is 9.47 Å². The maximum Gasteiger partial charge on any atom is 0.415 e. The molecule has 1 saturated heterocycles. The molecule has 0 saturated carbocycles. The first kappa shape index (κ1) is 14.3. The normalized spacial score (nSPS) is 14.9. The highest BCUT2D eigenvalue weighted by atomic mass is 16.6. The first-order chi connectivity index (χ1) is 9.61. The van der Waals surface area contributed by atoms with E-state index in [0.717, 1.165) is 0 Å². The molecule has 1 fully saturated rings. The van der Waals surface area contributed by atoms with Gasteiger partial charge in [-0.25, -0.2) is 4.79 Å². The molecule has 1 aromatic rings. The second kappa shape index (κ2) is 6.38. The summed E-state index contributed by atoms with van der Waals surface area (Å²) in [5, 5.41) is 9.77. The number of Topliss-reactive ketones (excluding diaryl/α,β-unsaturated/α-hetero) is 1. The van der Waals surface area contributed by atoms with Crippen molar-refractivity contribution in [2.24, 2.45) is 0 Å². The Morgan fingerprint density at radius 3 is 2.65 bits per heavy atom. The molecule has 1 heterocycles. The van der Waals surface area contributed by atoms with Crippen LogP contribution in [0.5, 0.6) is 11.5 Å². The molecule has 0 aromatic heterocycles. The minimum atomic E-state index is -0.484. The van der Waals surface area contributed by atoms with E-state index in [9.17, 15) is 14.7 Å². The van der Waals surface area contributed by atoms with Crippen molar-refractivity contribution in [3.05, 3.63) is 23.8 Å². The largest absolute Gasteiger partial charge is 0.507 e. The summed E-state index contributed by atoms with van der Waals surface area (Å²) in [6, 6.07) is 4.24. The van der Waals surface area contributed by atoms with Crippen LogP contribution in [0.4, 0.5) is 4.79 Å². The number of hydrogen-bond donors (Lipinski definition) is 1. The standard InChI is InChI=1S/C14H17NO5/c1-2-12(16)11-4-3-10(9-13(11)17)20-14(18)15-5-7-19-8-6-15/h3-4,9,17H,2,5-8H2,1H3. The molecule has 1 N–H and O–H groups in total. The molecule has 0 spiro atoms. The molecule has 0 bridgehead atoms. The second-order valence-electron chi connectivity index (χ2n) is 4.42. The average Bonchev–Trinajstić information content (AvgIpc) is 2.47. The van der Waals surface area contributed by atoms with Crippen molar-refractivity contribution in [2.45, 2.75) is 13.3 Å². The van der Waals surface area contributed by atoms with Gasteiger partial charge in [0.2, 0.25) is 0 Å². The molecular weight excluding hydrogens is 262 g/mol. The topological polar surface area (TPSA) is 76.1 Å². The molecule has 6 nitrogen and oxygen atoms in total. The number of morpholine rings is 1. The van der Waals surface area contributed by atoms with E-state index in [1.165, 1.54) is 23.1 Å². The van der Waals surface area contributed by atoms with Crippen LogP contribution in [-0.2, 0) is 4.74 Å². The molecule has 1 aliphatic heterocycles. The van der Waals surface area contributed by atoms with Gasteiger partial charge in [-0.3, -0.25) is 4.79 Å². The van der Waals surface area contributed by atoms with Crippen molar-refractivity contribution in [2.75, 3.05) is 26.3 Å². The van der Waals surface area contributed by atoms with E-state index < -0.39 is 6.09 Å². The van der Waals surface area contributed by atoms with E-state index in [0.29, 0.717) is 32.7 Å². The highest BCUT2D eigenvalue weighted by molar-refractivity contribution is 5.98. The molecule has 20 heavy (non-hydrogen) atoms. The van der Waals surface area contributed by atoms with Crippen LogP contribution in [0.2, 0.25) is 0 Å². The van der Waals surface area contributed by atoms with Gasteiger partial charge in [-0.05, 0) is 12.1 Å². The first-order valence-electron chi connectivity index (χ1n) is 6.52. The Morgan fingerprint density at radius 2 is 2.05 bits per heavy atom. The van der Waals surface area contributed by atoms with Gasteiger partial charge in [-0.1, -0.05) is 6.92 Å². The fraction of sp³-hybridized carbons (Fsp3) is 0.429. The molecule has 0 atom stereocenters. The van der Waals surface area contributed by atoms with Gasteiger partial charge >= 0.3 is 6.09 Å². The minimum Gasteiger partial charge on any atom is -0.507 e. The Labute approximate surface area is 116 Å². The zero-order valence-corrected chi connectivity index (χ0v) is 11.3. The molecular formula is C14H17NO5. The van der Waals surface area contributed by atoms with E-state index in [-0.39, 0.29) is 22.8 Å². The summed E-state index contributed by atoms with van der Waals surface area (Å²) in [5.74, 6) is -0.121. The SMILES string of the molecule is CCC(=O)c1ccc(OC(=O)N2CCOCC2)cc1O.